The number of hydrogen-bond donors (Lipinski definition) is 2. The van der Waals surface area contributed by atoms with Crippen LogP contribution in [-0.4, -0.2) is 28.8 Å². The monoisotopic (exact) mass is 352 g/mol. The van der Waals surface area contributed by atoms with E-state index in [9.17, 15) is 18.0 Å². The minimum absolute atomic E-state index is 0.0429. The van der Waals surface area contributed by atoms with Crippen LogP contribution in [0.25, 0.3) is 0 Å². The van der Waals surface area contributed by atoms with Crippen LogP contribution in [0.3, 0.4) is 0 Å². The lowest BCUT2D eigenvalue weighted by atomic mass is 9.90. The largest absolute Gasteiger partial charge is 0.416 e. The highest BCUT2D eigenvalue weighted by molar-refractivity contribution is 5.80. The van der Waals surface area contributed by atoms with E-state index in [4.69, 9.17) is 0 Å². The van der Waals surface area contributed by atoms with E-state index in [1.807, 2.05) is 13.2 Å². The van der Waals surface area contributed by atoms with Crippen molar-refractivity contribution in [1.82, 2.24) is 20.4 Å². The fourth-order valence-electron chi connectivity index (χ4n) is 3.07. The minimum atomic E-state index is -4.35. The summed E-state index contributed by atoms with van der Waals surface area (Å²) in [5, 5.41) is 10.2. The molecule has 5 nitrogen and oxygen atoms in total. The maximum Gasteiger partial charge on any atom is 0.416 e. The number of rotatable bonds is 4. The number of carbonyl (C=O) groups excluding carboxylic acids is 1. The summed E-state index contributed by atoms with van der Waals surface area (Å²) in [5.41, 5.74) is 0.937. The molecule has 0 saturated carbocycles. The fraction of sp³-hybridized carbons (Fsp3) is 0.412. The van der Waals surface area contributed by atoms with E-state index in [0.29, 0.717) is 18.7 Å². The smallest absolute Gasteiger partial charge is 0.352 e. The zero-order chi connectivity index (χ0) is 18.0. The van der Waals surface area contributed by atoms with E-state index in [2.05, 4.69) is 15.7 Å². The molecule has 0 unspecified atom stereocenters. The van der Waals surface area contributed by atoms with Crippen LogP contribution in [0.15, 0.2) is 36.7 Å². The van der Waals surface area contributed by atoms with Gasteiger partial charge in [-0.05, 0) is 23.3 Å². The molecule has 1 saturated heterocycles. The summed E-state index contributed by atoms with van der Waals surface area (Å²) in [7, 11) is 1.82. The van der Waals surface area contributed by atoms with Crippen LogP contribution in [0.1, 0.15) is 22.6 Å². The summed E-state index contributed by atoms with van der Waals surface area (Å²) >= 11 is 0. The van der Waals surface area contributed by atoms with Crippen molar-refractivity contribution in [2.75, 3.05) is 13.1 Å². The standard InChI is InChI=1S/C17H19F3N4O/c1-24-10-12(7-23-24)14-8-21-9-15(14)16(25)22-6-11-2-4-13(5-3-11)17(18,19)20/h2-5,7,10,14-15,21H,6,8-9H2,1H3,(H,22,25)/t14-,15+/m1/s1. The Morgan fingerprint density at radius 3 is 2.64 bits per heavy atom. The molecule has 3 rings (SSSR count). The summed E-state index contributed by atoms with van der Waals surface area (Å²) in [6, 6.07) is 4.82. The van der Waals surface area contributed by atoms with Crippen molar-refractivity contribution in [3.05, 3.63) is 53.3 Å². The van der Waals surface area contributed by atoms with Crippen LogP contribution in [0.4, 0.5) is 13.2 Å². The Bertz CT molecular complexity index is 739. The van der Waals surface area contributed by atoms with Gasteiger partial charge in [-0.2, -0.15) is 18.3 Å². The summed E-state index contributed by atoms with van der Waals surface area (Å²) < 4.78 is 39.4. The number of benzene rings is 1. The Balaban J connectivity index is 1.60. The Hall–Kier alpha value is -2.35. The zero-order valence-electron chi connectivity index (χ0n) is 13.7. The van der Waals surface area contributed by atoms with E-state index in [1.165, 1.54) is 12.1 Å². The van der Waals surface area contributed by atoms with Crippen LogP contribution in [0.5, 0.6) is 0 Å². The molecule has 8 heteroatoms. The number of aryl methyl sites for hydroxylation is 1. The molecule has 1 amide bonds. The average Bonchev–Trinajstić information content (AvgIpc) is 3.20. The van der Waals surface area contributed by atoms with Gasteiger partial charge < -0.3 is 10.6 Å². The number of hydrogen-bond acceptors (Lipinski definition) is 3. The summed E-state index contributed by atoms with van der Waals surface area (Å²) in [5.74, 6) is -0.293. The predicted molar refractivity (Wildman–Crippen MR) is 85.6 cm³/mol. The molecular formula is C17H19F3N4O. The van der Waals surface area contributed by atoms with E-state index in [1.54, 1.807) is 10.9 Å². The van der Waals surface area contributed by atoms with Gasteiger partial charge in [0.05, 0.1) is 17.7 Å². The number of halogens is 3. The molecule has 1 aliphatic heterocycles. The number of alkyl halides is 3. The van der Waals surface area contributed by atoms with Crippen molar-refractivity contribution in [1.29, 1.82) is 0 Å². The van der Waals surface area contributed by atoms with Gasteiger partial charge in [-0.25, -0.2) is 0 Å². The highest BCUT2D eigenvalue weighted by Crippen LogP contribution is 2.29. The molecule has 2 atom stereocenters. The van der Waals surface area contributed by atoms with Gasteiger partial charge in [-0.3, -0.25) is 9.48 Å². The number of nitrogens with one attached hydrogen (secondary N) is 2. The topological polar surface area (TPSA) is 59.0 Å². The fourth-order valence-corrected chi connectivity index (χ4v) is 3.07. The van der Waals surface area contributed by atoms with Crippen molar-refractivity contribution in [3.63, 3.8) is 0 Å². The predicted octanol–water partition coefficient (Wildman–Crippen LogP) is 2.06. The van der Waals surface area contributed by atoms with Gasteiger partial charge in [0.25, 0.3) is 0 Å². The van der Waals surface area contributed by atoms with Gasteiger partial charge in [-0.1, -0.05) is 12.1 Å². The summed E-state index contributed by atoms with van der Waals surface area (Å²) in [6.45, 7) is 1.47. The quantitative estimate of drug-likeness (QED) is 0.886. The lowest BCUT2D eigenvalue weighted by Gasteiger charge is -2.17. The van der Waals surface area contributed by atoms with Gasteiger partial charge in [0, 0.05) is 38.8 Å². The van der Waals surface area contributed by atoms with Crippen molar-refractivity contribution in [3.8, 4) is 0 Å². The van der Waals surface area contributed by atoms with Crippen LogP contribution in [0.2, 0.25) is 0 Å². The number of aromatic nitrogens is 2. The summed E-state index contributed by atoms with van der Waals surface area (Å²) in [4.78, 5) is 12.5. The first-order chi connectivity index (χ1) is 11.8. The highest BCUT2D eigenvalue weighted by Gasteiger charge is 2.34. The maximum atomic E-state index is 12.6. The second-order valence-corrected chi connectivity index (χ2v) is 6.23. The molecule has 0 radical (unpaired) electrons. The molecule has 2 aromatic rings. The molecule has 1 aromatic carbocycles. The maximum absolute atomic E-state index is 12.6. The van der Waals surface area contributed by atoms with Gasteiger partial charge in [0.15, 0.2) is 0 Å². The summed E-state index contributed by atoms with van der Waals surface area (Å²) in [6.07, 6.45) is -0.699. The Morgan fingerprint density at radius 1 is 1.32 bits per heavy atom. The molecule has 1 aliphatic rings. The second kappa shape index (κ2) is 6.87. The molecular weight excluding hydrogens is 333 g/mol. The second-order valence-electron chi connectivity index (χ2n) is 6.23. The Kier molecular flexibility index (Phi) is 4.80. The molecule has 25 heavy (non-hydrogen) atoms. The van der Waals surface area contributed by atoms with Gasteiger partial charge in [-0.15, -0.1) is 0 Å². The third kappa shape index (κ3) is 4.01. The zero-order valence-corrected chi connectivity index (χ0v) is 13.7. The van der Waals surface area contributed by atoms with Crippen molar-refractivity contribution in [2.24, 2.45) is 13.0 Å². The lowest BCUT2D eigenvalue weighted by molar-refractivity contribution is -0.137. The molecule has 0 aliphatic carbocycles. The SMILES string of the molecule is Cn1cc([C@H]2CNC[C@@H]2C(=O)NCc2ccc(C(F)(F)F)cc2)cn1. The molecule has 2 N–H and O–H groups in total. The van der Waals surface area contributed by atoms with E-state index in [0.717, 1.165) is 17.7 Å². The Morgan fingerprint density at radius 2 is 2.04 bits per heavy atom. The van der Waals surface area contributed by atoms with E-state index < -0.39 is 11.7 Å². The van der Waals surface area contributed by atoms with E-state index >= 15 is 0 Å². The van der Waals surface area contributed by atoms with Crippen LogP contribution >= 0.6 is 0 Å². The van der Waals surface area contributed by atoms with Crippen LogP contribution in [0, 0.1) is 5.92 Å². The third-order valence-electron chi connectivity index (χ3n) is 4.45. The molecule has 134 valence electrons. The third-order valence-corrected chi connectivity index (χ3v) is 4.45. The number of carbonyl (C=O) groups is 1. The van der Waals surface area contributed by atoms with Gasteiger partial charge >= 0.3 is 6.18 Å². The average molecular weight is 352 g/mol. The molecule has 0 bridgehead atoms. The highest BCUT2D eigenvalue weighted by atomic mass is 19.4. The Labute approximate surface area is 143 Å². The molecule has 2 heterocycles. The van der Waals surface area contributed by atoms with Crippen molar-refractivity contribution in [2.45, 2.75) is 18.6 Å². The molecule has 0 spiro atoms. The minimum Gasteiger partial charge on any atom is -0.352 e. The van der Waals surface area contributed by atoms with Gasteiger partial charge in [0.2, 0.25) is 5.91 Å². The van der Waals surface area contributed by atoms with Crippen molar-refractivity contribution < 1.29 is 18.0 Å². The van der Waals surface area contributed by atoms with Crippen LogP contribution in [-0.2, 0) is 24.6 Å². The van der Waals surface area contributed by atoms with Crippen LogP contribution < -0.4 is 10.6 Å². The van der Waals surface area contributed by atoms with E-state index in [-0.39, 0.29) is 24.3 Å². The van der Waals surface area contributed by atoms with Crippen molar-refractivity contribution >= 4 is 5.91 Å². The lowest BCUT2D eigenvalue weighted by Crippen LogP contribution is -2.33. The molecule has 1 fully saturated rings. The molecule has 1 aromatic heterocycles. The first-order valence-corrected chi connectivity index (χ1v) is 7.97. The number of amides is 1. The van der Waals surface area contributed by atoms with Gasteiger partial charge in [0.1, 0.15) is 0 Å². The first-order valence-electron chi connectivity index (χ1n) is 7.97. The normalized spacial score (nSPS) is 20.6. The number of nitrogens with zero attached hydrogens (tertiary/aromatic N) is 2. The first kappa shape index (κ1) is 17.5.